The topological polar surface area (TPSA) is 26.3 Å². The van der Waals surface area contributed by atoms with Crippen LogP contribution in [-0.2, 0) is 6.61 Å². The van der Waals surface area contributed by atoms with Crippen molar-refractivity contribution in [3.63, 3.8) is 0 Å². The van der Waals surface area contributed by atoms with Gasteiger partial charge in [0, 0.05) is 10.0 Å². The minimum Gasteiger partial charge on any atom is -0.487 e. The number of hydrogen-bond donors (Lipinski definition) is 0. The zero-order valence-electron chi connectivity index (χ0n) is 9.70. The van der Waals surface area contributed by atoms with Crippen LogP contribution in [0.3, 0.4) is 0 Å². The average molecular weight is 360 g/mol. The van der Waals surface area contributed by atoms with Gasteiger partial charge in [0.15, 0.2) is 0 Å². The maximum atomic E-state index is 11.0. The SMILES string of the molecule is O=C(Cl)c1ccc(OCc2ccc(Br)cc2)c(Cl)c1. The van der Waals surface area contributed by atoms with Crippen molar-refractivity contribution >= 4 is 44.4 Å². The van der Waals surface area contributed by atoms with E-state index < -0.39 is 5.24 Å². The quantitative estimate of drug-likeness (QED) is 0.713. The Morgan fingerprint density at radius 1 is 1.16 bits per heavy atom. The second-order valence-electron chi connectivity index (χ2n) is 3.83. The summed E-state index contributed by atoms with van der Waals surface area (Å²) in [5, 5.41) is -0.176. The predicted octanol–water partition coefficient (Wildman–Crippen LogP) is 5.06. The van der Waals surface area contributed by atoms with Crippen LogP contribution in [-0.4, -0.2) is 5.24 Å². The summed E-state index contributed by atoms with van der Waals surface area (Å²) in [4.78, 5) is 11.0. The largest absolute Gasteiger partial charge is 0.487 e. The van der Waals surface area contributed by atoms with Gasteiger partial charge in [0.05, 0.1) is 5.02 Å². The number of carbonyl (C=O) groups excluding carboxylic acids is 1. The Kier molecular flexibility index (Phi) is 4.86. The zero-order chi connectivity index (χ0) is 13.8. The van der Waals surface area contributed by atoms with E-state index in [0.717, 1.165) is 10.0 Å². The van der Waals surface area contributed by atoms with Gasteiger partial charge in [0.1, 0.15) is 12.4 Å². The van der Waals surface area contributed by atoms with Crippen LogP contribution in [0.15, 0.2) is 46.9 Å². The van der Waals surface area contributed by atoms with Gasteiger partial charge in [-0.15, -0.1) is 0 Å². The third kappa shape index (κ3) is 3.96. The van der Waals surface area contributed by atoms with Gasteiger partial charge in [-0.05, 0) is 47.5 Å². The molecule has 0 saturated heterocycles. The summed E-state index contributed by atoms with van der Waals surface area (Å²) in [5.41, 5.74) is 1.37. The molecule has 0 aromatic heterocycles. The second-order valence-corrected chi connectivity index (χ2v) is 5.50. The van der Waals surface area contributed by atoms with Crippen molar-refractivity contribution in [3.8, 4) is 5.75 Å². The monoisotopic (exact) mass is 358 g/mol. The number of hydrogen-bond acceptors (Lipinski definition) is 2. The zero-order valence-corrected chi connectivity index (χ0v) is 12.8. The van der Waals surface area contributed by atoms with Crippen molar-refractivity contribution in [1.82, 2.24) is 0 Å². The van der Waals surface area contributed by atoms with Crippen LogP contribution in [0.1, 0.15) is 15.9 Å². The molecule has 0 aliphatic rings. The summed E-state index contributed by atoms with van der Waals surface area (Å²) >= 11 is 14.8. The van der Waals surface area contributed by atoms with E-state index in [1.54, 1.807) is 12.1 Å². The molecule has 2 aromatic rings. The molecule has 0 N–H and O–H groups in total. The molecule has 0 fully saturated rings. The molecule has 0 unspecified atom stereocenters. The molecule has 0 bridgehead atoms. The molecule has 5 heteroatoms. The van der Waals surface area contributed by atoms with Crippen molar-refractivity contribution in [3.05, 3.63) is 63.1 Å². The molecular formula is C14H9BrCl2O2. The highest BCUT2D eigenvalue weighted by Crippen LogP contribution is 2.27. The molecule has 0 aliphatic carbocycles. The van der Waals surface area contributed by atoms with E-state index in [2.05, 4.69) is 15.9 Å². The molecule has 2 aromatic carbocycles. The minimum absolute atomic E-state index is 0.350. The fraction of sp³-hybridized carbons (Fsp3) is 0.0714. The van der Waals surface area contributed by atoms with E-state index >= 15 is 0 Å². The van der Waals surface area contributed by atoms with E-state index in [9.17, 15) is 4.79 Å². The highest BCUT2D eigenvalue weighted by molar-refractivity contribution is 9.10. The Labute approximate surface area is 129 Å². The van der Waals surface area contributed by atoms with Gasteiger partial charge in [-0.3, -0.25) is 4.79 Å². The van der Waals surface area contributed by atoms with Gasteiger partial charge in [0.25, 0.3) is 5.24 Å². The molecule has 0 amide bonds. The van der Waals surface area contributed by atoms with E-state index in [1.807, 2.05) is 24.3 Å². The first-order chi connectivity index (χ1) is 9.06. The molecule has 0 radical (unpaired) electrons. The molecule has 2 nitrogen and oxygen atoms in total. The van der Waals surface area contributed by atoms with Gasteiger partial charge < -0.3 is 4.74 Å². The summed E-state index contributed by atoms with van der Waals surface area (Å²) < 4.78 is 6.61. The van der Waals surface area contributed by atoms with Crippen LogP contribution in [0.4, 0.5) is 0 Å². The van der Waals surface area contributed by atoms with Gasteiger partial charge in [0.2, 0.25) is 0 Å². The van der Waals surface area contributed by atoms with Gasteiger partial charge >= 0.3 is 0 Å². The summed E-state index contributed by atoms with van der Waals surface area (Å²) in [7, 11) is 0. The van der Waals surface area contributed by atoms with Crippen LogP contribution >= 0.6 is 39.1 Å². The molecule has 2 rings (SSSR count). The highest BCUT2D eigenvalue weighted by Gasteiger charge is 2.07. The summed E-state index contributed by atoms with van der Waals surface area (Å²) in [6, 6.07) is 12.5. The Morgan fingerprint density at radius 3 is 2.42 bits per heavy atom. The second kappa shape index (κ2) is 6.42. The lowest BCUT2D eigenvalue weighted by molar-refractivity contribution is 0.108. The fourth-order valence-corrected chi connectivity index (χ4v) is 2.10. The van der Waals surface area contributed by atoms with Crippen LogP contribution in [0, 0.1) is 0 Å². The number of carbonyl (C=O) groups is 1. The van der Waals surface area contributed by atoms with Crippen molar-refractivity contribution < 1.29 is 9.53 Å². The number of benzene rings is 2. The Bertz CT molecular complexity index is 597. The molecule has 98 valence electrons. The Balaban J connectivity index is 2.07. The Morgan fingerprint density at radius 2 is 1.84 bits per heavy atom. The Hall–Kier alpha value is -1.03. The highest BCUT2D eigenvalue weighted by atomic mass is 79.9. The van der Waals surface area contributed by atoms with Crippen LogP contribution in [0.5, 0.6) is 5.75 Å². The summed E-state index contributed by atoms with van der Waals surface area (Å²) in [6.45, 7) is 0.404. The van der Waals surface area contributed by atoms with E-state index in [1.165, 1.54) is 6.07 Å². The third-order valence-corrected chi connectivity index (χ3v) is 3.51. The molecule has 0 aliphatic heterocycles. The lowest BCUT2D eigenvalue weighted by Gasteiger charge is -2.08. The van der Waals surface area contributed by atoms with Crippen molar-refractivity contribution in [2.45, 2.75) is 6.61 Å². The first-order valence-corrected chi connectivity index (χ1v) is 6.98. The summed E-state index contributed by atoms with van der Waals surface area (Å²) in [6.07, 6.45) is 0. The minimum atomic E-state index is -0.540. The maximum Gasteiger partial charge on any atom is 0.252 e. The molecule has 19 heavy (non-hydrogen) atoms. The molecule has 0 saturated carbocycles. The van der Waals surface area contributed by atoms with Crippen LogP contribution in [0.2, 0.25) is 5.02 Å². The molecule has 0 heterocycles. The maximum absolute atomic E-state index is 11.0. The third-order valence-electron chi connectivity index (χ3n) is 2.47. The van der Waals surface area contributed by atoms with E-state index in [4.69, 9.17) is 27.9 Å². The van der Waals surface area contributed by atoms with Crippen molar-refractivity contribution in [2.24, 2.45) is 0 Å². The normalized spacial score (nSPS) is 10.3. The predicted molar refractivity (Wildman–Crippen MR) is 80.1 cm³/mol. The van der Waals surface area contributed by atoms with E-state index in [0.29, 0.717) is 22.9 Å². The average Bonchev–Trinajstić information content (AvgIpc) is 2.39. The van der Waals surface area contributed by atoms with Gasteiger partial charge in [-0.1, -0.05) is 39.7 Å². The number of rotatable bonds is 4. The fourth-order valence-electron chi connectivity index (χ4n) is 1.48. The molecule has 0 atom stereocenters. The van der Waals surface area contributed by atoms with Crippen molar-refractivity contribution in [2.75, 3.05) is 0 Å². The lowest BCUT2D eigenvalue weighted by Crippen LogP contribution is -1.97. The van der Waals surface area contributed by atoms with Crippen LogP contribution < -0.4 is 4.74 Å². The first-order valence-electron chi connectivity index (χ1n) is 5.43. The van der Waals surface area contributed by atoms with Gasteiger partial charge in [-0.25, -0.2) is 0 Å². The van der Waals surface area contributed by atoms with Gasteiger partial charge in [-0.2, -0.15) is 0 Å². The standard InChI is InChI=1S/C14H9BrCl2O2/c15-11-4-1-9(2-5-11)8-19-13-6-3-10(14(17)18)7-12(13)16/h1-7H,8H2. The van der Waals surface area contributed by atoms with E-state index in [-0.39, 0.29) is 0 Å². The number of ether oxygens (including phenoxy) is 1. The molecular weight excluding hydrogens is 351 g/mol. The lowest BCUT2D eigenvalue weighted by atomic mass is 10.2. The molecule has 0 spiro atoms. The summed E-state index contributed by atoms with van der Waals surface area (Å²) in [5.74, 6) is 0.520. The number of halogens is 3. The first kappa shape index (κ1) is 14.4. The van der Waals surface area contributed by atoms with Crippen LogP contribution in [0.25, 0.3) is 0 Å². The van der Waals surface area contributed by atoms with Crippen molar-refractivity contribution in [1.29, 1.82) is 0 Å². The smallest absolute Gasteiger partial charge is 0.252 e.